The topological polar surface area (TPSA) is 30.7 Å². The van der Waals surface area contributed by atoms with Crippen LogP contribution in [0.15, 0.2) is 122 Å². The van der Waals surface area contributed by atoms with E-state index in [-0.39, 0.29) is 0 Å². The van der Waals surface area contributed by atoms with Gasteiger partial charge in [0.05, 0.1) is 17.1 Å². The highest BCUT2D eigenvalue weighted by molar-refractivity contribution is 9.09. The van der Waals surface area contributed by atoms with Gasteiger partial charge in [0.2, 0.25) is 0 Å². The predicted octanol–water partition coefficient (Wildman–Crippen LogP) is 9.00. The maximum atomic E-state index is 5.12. The van der Waals surface area contributed by atoms with Crippen LogP contribution in [0.1, 0.15) is 11.3 Å². The highest BCUT2D eigenvalue weighted by atomic mass is 79.9. The molecule has 3 aromatic heterocycles. The molecule has 0 N–H and O–H groups in total. The van der Waals surface area contributed by atoms with Crippen molar-refractivity contribution in [2.75, 3.05) is 5.33 Å². The largest absolute Gasteiger partial charge is 0.294 e. The van der Waals surface area contributed by atoms with E-state index in [2.05, 4.69) is 118 Å². The number of hydrogen-bond acceptors (Lipinski definition) is 2. The summed E-state index contributed by atoms with van der Waals surface area (Å²) in [6.45, 7) is 4.15. The van der Waals surface area contributed by atoms with Gasteiger partial charge in [-0.15, -0.1) is 0 Å². The highest BCUT2D eigenvalue weighted by Gasteiger charge is 2.17. The van der Waals surface area contributed by atoms with Crippen LogP contribution < -0.4 is 0 Å². The van der Waals surface area contributed by atoms with Crippen LogP contribution in [0.2, 0.25) is 0 Å². The summed E-state index contributed by atoms with van der Waals surface area (Å²) in [4.78, 5) is 9.89. The van der Waals surface area contributed by atoms with Gasteiger partial charge in [0.25, 0.3) is 0 Å². The van der Waals surface area contributed by atoms with E-state index in [0.29, 0.717) is 0 Å². The zero-order chi connectivity index (χ0) is 25.9. The van der Waals surface area contributed by atoms with E-state index in [1.165, 1.54) is 11.1 Å². The molecule has 3 aromatic carbocycles. The zero-order valence-electron chi connectivity index (χ0n) is 20.9. The monoisotopic (exact) mass is 555 g/mol. The quantitative estimate of drug-likeness (QED) is 0.184. The van der Waals surface area contributed by atoms with Crippen LogP contribution in [0, 0.1) is 0 Å². The van der Waals surface area contributed by atoms with E-state index in [0.717, 1.165) is 62.2 Å². The zero-order valence-corrected chi connectivity index (χ0v) is 22.5. The molecule has 0 bridgehead atoms. The number of aromatic nitrogens is 3. The fraction of sp³-hybridized carbons (Fsp3) is 0.0588. The van der Waals surface area contributed by atoms with Crippen molar-refractivity contribution in [3.63, 3.8) is 0 Å². The van der Waals surface area contributed by atoms with Gasteiger partial charge in [0.1, 0.15) is 5.65 Å². The molecule has 38 heavy (non-hydrogen) atoms. The van der Waals surface area contributed by atoms with Gasteiger partial charge in [-0.05, 0) is 65.6 Å². The van der Waals surface area contributed by atoms with Crippen molar-refractivity contribution in [2.45, 2.75) is 6.42 Å². The van der Waals surface area contributed by atoms with E-state index in [4.69, 9.17) is 9.97 Å². The highest BCUT2D eigenvalue weighted by Crippen LogP contribution is 2.34. The Bertz CT molecular complexity index is 1680. The number of alkyl halides is 1. The molecule has 184 valence electrons. The van der Waals surface area contributed by atoms with Gasteiger partial charge in [-0.2, -0.15) is 0 Å². The maximum absolute atomic E-state index is 5.12. The Morgan fingerprint density at radius 2 is 1.39 bits per heavy atom. The Balaban J connectivity index is 1.54. The van der Waals surface area contributed by atoms with Gasteiger partial charge in [0, 0.05) is 33.7 Å². The second-order valence-electron chi connectivity index (χ2n) is 9.13. The minimum absolute atomic E-state index is 0.875. The molecule has 3 nitrogen and oxygen atoms in total. The van der Waals surface area contributed by atoms with Gasteiger partial charge in [-0.3, -0.25) is 4.57 Å². The van der Waals surface area contributed by atoms with Gasteiger partial charge in [-0.1, -0.05) is 95.3 Å². The van der Waals surface area contributed by atoms with Crippen molar-refractivity contribution in [3.05, 3.63) is 133 Å². The molecule has 4 heteroatoms. The standard InChI is InChI=1S/C34H26BrN3/c1-2-33-29(18-19-35)30-17-10-20-36-34(30)38(33)28-16-9-15-26(21-28)32-23-27(24-11-5-3-6-12-24)22-31(37-32)25-13-7-4-8-14-25/h2-17,20-23H,1,18-19H2. The van der Waals surface area contributed by atoms with E-state index < -0.39 is 0 Å². The minimum Gasteiger partial charge on any atom is -0.294 e. The lowest BCUT2D eigenvalue weighted by molar-refractivity contribution is 1.05. The maximum Gasteiger partial charge on any atom is 0.145 e. The van der Waals surface area contributed by atoms with Crippen LogP contribution in [-0.4, -0.2) is 19.9 Å². The van der Waals surface area contributed by atoms with Crippen LogP contribution in [0.4, 0.5) is 0 Å². The molecule has 0 fully saturated rings. The Morgan fingerprint density at radius 3 is 2.11 bits per heavy atom. The summed E-state index contributed by atoms with van der Waals surface area (Å²) in [5, 5.41) is 2.03. The Hall–Kier alpha value is -4.28. The van der Waals surface area contributed by atoms with Crippen molar-refractivity contribution in [1.29, 1.82) is 0 Å². The third-order valence-corrected chi connectivity index (χ3v) is 7.21. The lowest BCUT2D eigenvalue weighted by atomic mass is 10.00. The molecule has 0 radical (unpaired) electrons. The molecule has 6 rings (SSSR count). The third-order valence-electron chi connectivity index (χ3n) is 6.81. The number of hydrogen-bond donors (Lipinski definition) is 0. The first-order valence-corrected chi connectivity index (χ1v) is 13.8. The van der Waals surface area contributed by atoms with Crippen LogP contribution in [0.5, 0.6) is 0 Å². The molecule has 0 aliphatic heterocycles. The van der Waals surface area contributed by atoms with E-state index in [1.54, 1.807) is 0 Å². The average Bonchev–Trinajstić information content (AvgIpc) is 3.31. The molecule has 0 spiro atoms. The normalized spacial score (nSPS) is 11.1. The number of aryl methyl sites for hydroxylation is 1. The lowest BCUT2D eigenvalue weighted by Crippen LogP contribution is -2.00. The van der Waals surface area contributed by atoms with Crippen molar-refractivity contribution in [1.82, 2.24) is 14.5 Å². The van der Waals surface area contributed by atoms with Crippen LogP contribution in [-0.2, 0) is 6.42 Å². The van der Waals surface area contributed by atoms with Crippen LogP contribution >= 0.6 is 15.9 Å². The molecule has 0 unspecified atom stereocenters. The molecule has 0 aliphatic rings. The molecular formula is C34H26BrN3. The number of pyridine rings is 2. The second-order valence-corrected chi connectivity index (χ2v) is 9.92. The Morgan fingerprint density at radius 1 is 0.711 bits per heavy atom. The van der Waals surface area contributed by atoms with Crippen LogP contribution in [0.25, 0.3) is 56.4 Å². The third kappa shape index (κ3) is 4.48. The second kappa shape index (κ2) is 10.6. The number of halogens is 1. The average molecular weight is 557 g/mol. The number of benzene rings is 3. The Kier molecular flexibility index (Phi) is 6.72. The first-order valence-electron chi connectivity index (χ1n) is 12.7. The minimum atomic E-state index is 0.875. The first-order chi connectivity index (χ1) is 18.8. The summed E-state index contributed by atoms with van der Waals surface area (Å²) >= 11 is 3.62. The number of fused-ring (bicyclic) bond motifs is 1. The lowest BCUT2D eigenvalue weighted by Gasteiger charge is -2.13. The van der Waals surface area contributed by atoms with Crippen molar-refractivity contribution in [3.8, 4) is 39.3 Å². The van der Waals surface area contributed by atoms with Gasteiger partial charge in [0.15, 0.2) is 0 Å². The van der Waals surface area contributed by atoms with Crippen molar-refractivity contribution < 1.29 is 0 Å². The summed E-state index contributed by atoms with van der Waals surface area (Å²) in [6, 6.07) is 37.9. The molecule has 0 atom stereocenters. The Labute approximate surface area is 231 Å². The summed E-state index contributed by atoms with van der Waals surface area (Å²) in [5.41, 5.74) is 10.6. The molecule has 6 aromatic rings. The van der Waals surface area contributed by atoms with Crippen molar-refractivity contribution in [2.24, 2.45) is 0 Å². The van der Waals surface area contributed by atoms with Gasteiger partial charge < -0.3 is 0 Å². The van der Waals surface area contributed by atoms with E-state index in [9.17, 15) is 0 Å². The number of rotatable bonds is 7. The predicted molar refractivity (Wildman–Crippen MR) is 163 cm³/mol. The molecular weight excluding hydrogens is 530 g/mol. The van der Waals surface area contributed by atoms with Crippen molar-refractivity contribution >= 4 is 33.0 Å². The van der Waals surface area contributed by atoms with Gasteiger partial charge in [-0.25, -0.2) is 9.97 Å². The molecule has 0 aliphatic carbocycles. The summed E-state index contributed by atoms with van der Waals surface area (Å²) in [5.74, 6) is 0. The molecule has 3 heterocycles. The van der Waals surface area contributed by atoms with E-state index in [1.807, 2.05) is 30.5 Å². The summed E-state index contributed by atoms with van der Waals surface area (Å²) in [7, 11) is 0. The summed E-state index contributed by atoms with van der Waals surface area (Å²) in [6.07, 6.45) is 4.69. The van der Waals surface area contributed by atoms with Gasteiger partial charge >= 0.3 is 0 Å². The molecule has 0 saturated carbocycles. The smallest absolute Gasteiger partial charge is 0.145 e. The van der Waals surface area contributed by atoms with Crippen LogP contribution in [0.3, 0.4) is 0 Å². The molecule has 0 amide bonds. The first kappa shape index (κ1) is 24.1. The molecule has 0 saturated heterocycles. The summed E-state index contributed by atoms with van der Waals surface area (Å²) < 4.78 is 2.21. The fourth-order valence-electron chi connectivity index (χ4n) is 5.07. The number of nitrogens with zero attached hydrogens (tertiary/aromatic N) is 3. The fourth-order valence-corrected chi connectivity index (χ4v) is 5.46. The SMILES string of the molecule is C=Cc1c(CCBr)c2cccnc2n1-c1cccc(-c2cc(-c3ccccc3)cc(-c3ccccc3)n2)c1. The van der Waals surface area contributed by atoms with E-state index >= 15 is 0 Å².